The molecule has 0 rings (SSSR count). The Hall–Kier alpha value is -2.94. The lowest BCUT2D eigenvalue weighted by molar-refractivity contribution is -0.147. The molecule has 0 aromatic rings. The number of hydrogen-bond donors (Lipinski definition) is 4. The van der Waals surface area contributed by atoms with E-state index in [1.54, 1.807) is 0 Å². The number of carboxylic acid groups (broad SMARTS) is 1. The quantitative estimate of drug-likeness (QED) is 0.0280. The summed E-state index contributed by atoms with van der Waals surface area (Å²) in [5.74, 6) is -2.39. The average Bonchev–Trinajstić information content (AvgIpc) is 3.14. The van der Waals surface area contributed by atoms with Crippen LogP contribution in [-0.2, 0) is 23.9 Å². The SMILES string of the molecule is CCCCC/C=C\C/C=C\C/C=C\C(CCCCCCCC(=O)NCC(=O)NC(CO)C(=O)O)OC(=O)CCCCCCCCCCCCCCCC. The first-order chi connectivity index (χ1) is 25.8. The van der Waals surface area contributed by atoms with Gasteiger partial charge in [-0.25, -0.2) is 4.79 Å². The summed E-state index contributed by atoms with van der Waals surface area (Å²) < 4.78 is 5.91. The highest BCUT2D eigenvalue weighted by Gasteiger charge is 2.18. The number of nitrogens with one attached hydrogen (secondary N) is 2. The number of aliphatic hydroxyl groups is 1. The highest BCUT2D eigenvalue weighted by Crippen LogP contribution is 2.16. The lowest BCUT2D eigenvalue weighted by atomic mass is 10.0. The molecule has 53 heavy (non-hydrogen) atoms. The molecule has 0 bridgehead atoms. The number of unbranched alkanes of at least 4 members (excludes halogenated alkanes) is 20. The molecule has 0 aliphatic carbocycles. The molecule has 306 valence electrons. The van der Waals surface area contributed by atoms with Crippen LogP contribution in [0.15, 0.2) is 36.5 Å². The summed E-state index contributed by atoms with van der Waals surface area (Å²) in [5, 5.41) is 22.5. The van der Waals surface area contributed by atoms with Crippen LogP contribution in [0.5, 0.6) is 0 Å². The number of esters is 1. The van der Waals surface area contributed by atoms with Crippen molar-refractivity contribution in [3.05, 3.63) is 36.5 Å². The van der Waals surface area contributed by atoms with Crippen LogP contribution in [0.1, 0.15) is 194 Å². The van der Waals surface area contributed by atoms with Gasteiger partial charge < -0.3 is 25.6 Å². The van der Waals surface area contributed by atoms with Gasteiger partial charge in [-0.15, -0.1) is 0 Å². The minimum Gasteiger partial charge on any atom is -0.480 e. The molecule has 4 N–H and O–H groups in total. The number of aliphatic hydroxyl groups excluding tert-OH is 1. The minimum absolute atomic E-state index is 0.114. The fourth-order valence-corrected chi connectivity index (χ4v) is 6.05. The number of rotatable bonds is 38. The van der Waals surface area contributed by atoms with Gasteiger partial charge in [0.15, 0.2) is 0 Å². The van der Waals surface area contributed by atoms with E-state index in [9.17, 15) is 19.2 Å². The summed E-state index contributed by atoms with van der Waals surface area (Å²) in [5.41, 5.74) is 0. The van der Waals surface area contributed by atoms with Crippen LogP contribution < -0.4 is 10.6 Å². The second-order valence-electron chi connectivity index (χ2n) is 14.4. The maximum Gasteiger partial charge on any atom is 0.328 e. The van der Waals surface area contributed by atoms with E-state index >= 15 is 0 Å². The van der Waals surface area contributed by atoms with Crippen molar-refractivity contribution in [3.63, 3.8) is 0 Å². The predicted octanol–water partition coefficient (Wildman–Crippen LogP) is 10.2. The highest BCUT2D eigenvalue weighted by atomic mass is 16.5. The Morgan fingerprint density at radius 3 is 1.64 bits per heavy atom. The standard InChI is InChI=1S/C44H78N2O7/c1-3-5-7-9-11-13-15-16-17-19-21-23-28-32-36-43(50)53-39(33-29-25-22-20-18-14-12-10-8-6-4-2)34-30-26-24-27-31-35-41(48)45-37-42(49)46-40(38-47)44(51)52/h12,14,20,22,29,33,39-40,47H,3-11,13,15-19,21,23-28,30-32,34-38H2,1-2H3,(H,45,48)(H,46,49)(H,51,52)/b14-12-,22-20-,33-29-. The third-order valence-electron chi connectivity index (χ3n) is 9.37. The predicted molar refractivity (Wildman–Crippen MR) is 218 cm³/mol. The van der Waals surface area contributed by atoms with Gasteiger partial charge in [0.1, 0.15) is 12.1 Å². The zero-order chi connectivity index (χ0) is 39.0. The van der Waals surface area contributed by atoms with Crippen molar-refractivity contribution in [1.82, 2.24) is 10.6 Å². The van der Waals surface area contributed by atoms with E-state index in [1.165, 1.54) is 96.3 Å². The van der Waals surface area contributed by atoms with Crippen LogP contribution >= 0.6 is 0 Å². The average molecular weight is 747 g/mol. The maximum absolute atomic E-state index is 12.7. The molecule has 0 aromatic carbocycles. The van der Waals surface area contributed by atoms with Gasteiger partial charge in [0.2, 0.25) is 11.8 Å². The highest BCUT2D eigenvalue weighted by molar-refractivity contribution is 5.87. The monoisotopic (exact) mass is 747 g/mol. The molecule has 0 spiro atoms. The van der Waals surface area contributed by atoms with Crippen LogP contribution in [0.4, 0.5) is 0 Å². The molecule has 0 saturated heterocycles. The number of ether oxygens (including phenoxy) is 1. The van der Waals surface area contributed by atoms with Crippen molar-refractivity contribution in [2.45, 2.75) is 206 Å². The summed E-state index contributed by atoms with van der Waals surface area (Å²) in [6, 6.07) is -1.39. The normalized spacial score (nSPS) is 12.8. The van der Waals surface area contributed by atoms with Gasteiger partial charge in [0.25, 0.3) is 0 Å². The first-order valence-electron chi connectivity index (χ1n) is 21.4. The Labute approximate surface area is 323 Å². The van der Waals surface area contributed by atoms with E-state index in [0.29, 0.717) is 12.8 Å². The lowest BCUT2D eigenvalue weighted by Gasteiger charge is -2.15. The van der Waals surface area contributed by atoms with Gasteiger partial charge in [0, 0.05) is 12.8 Å². The fraction of sp³-hybridized carbons (Fsp3) is 0.773. The van der Waals surface area contributed by atoms with E-state index in [0.717, 1.165) is 64.2 Å². The second-order valence-corrected chi connectivity index (χ2v) is 14.4. The van der Waals surface area contributed by atoms with Gasteiger partial charge in [-0.1, -0.05) is 160 Å². The van der Waals surface area contributed by atoms with E-state index in [2.05, 4.69) is 54.9 Å². The van der Waals surface area contributed by atoms with Crippen LogP contribution in [0, 0.1) is 0 Å². The molecule has 9 heteroatoms. The van der Waals surface area contributed by atoms with Crippen LogP contribution in [0.25, 0.3) is 0 Å². The minimum atomic E-state index is -1.39. The number of aliphatic carboxylic acids is 1. The lowest BCUT2D eigenvalue weighted by Crippen LogP contribution is -2.47. The first kappa shape index (κ1) is 50.1. The van der Waals surface area contributed by atoms with Gasteiger partial charge in [-0.3, -0.25) is 14.4 Å². The summed E-state index contributed by atoms with van der Waals surface area (Å²) >= 11 is 0. The summed E-state index contributed by atoms with van der Waals surface area (Å²) in [6.07, 6.45) is 43.3. The Morgan fingerprint density at radius 2 is 1.08 bits per heavy atom. The Kier molecular flexibility index (Phi) is 36.6. The number of hydrogen-bond acceptors (Lipinski definition) is 6. The number of amides is 2. The molecule has 0 aliphatic heterocycles. The van der Waals surface area contributed by atoms with Gasteiger partial charge in [-0.2, -0.15) is 0 Å². The van der Waals surface area contributed by atoms with E-state index in [1.807, 2.05) is 6.08 Å². The molecule has 0 aliphatic rings. The topological polar surface area (TPSA) is 142 Å². The van der Waals surface area contributed by atoms with E-state index in [4.69, 9.17) is 14.9 Å². The molecule has 2 amide bonds. The second kappa shape index (κ2) is 38.8. The molecule has 2 unspecified atom stereocenters. The zero-order valence-electron chi connectivity index (χ0n) is 33.8. The molecule has 0 fully saturated rings. The molecule has 0 saturated carbocycles. The van der Waals surface area contributed by atoms with Crippen molar-refractivity contribution < 1.29 is 34.1 Å². The zero-order valence-corrected chi connectivity index (χ0v) is 33.8. The Balaban J connectivity index is 4.39. The smallest absolute Gasteiger partial charge is 0.328 e. The third kappa shape index (κ3) is 35.8. The van der Waals surface area contributed by atoms with E-state index in [-0.39, 0.29) is 30.9 Å². The van der Waals surface area contributed by atoms with Crippen LogP contribution in [0.2, 0.25) is 0 Å². The first-order valence-corrected chi connectivity index (χ1v) is 21.4. The van der Waals surface area contributed by atoms with Gasteiger partial charge in [0.05, 0.1) is 13.2 Å². The van der Waals surface area contributed by atoms with Crippen LogP contribution in [-0.4, -0.2) is 59.3 Å². The molecule has 0 aromatic heterocycles. The van der Waals surface area contributed by atoms with Crippen molar-refractivity contribution >= 4 is 23.8 Å². The summed E-state index contributed by atoms with van der Waals surface area (Å²) in [4.78, 5) is 47.5. The van der Waals surface area contributed by atoms with Crippen molar-refractivity contribution in [2.75, 3.05) is 13.2 Å². The summed E-state index contributed by atoms with van der Waals surface area (Å²) in [7, 11) is 0. The van der Waals surface area contributed by atoms with E-state index < -0.39 is 24.5 Å². The Bertz CT molecular complexity index is 994. The van der Waals surface area contributed by atoms with Crippen LogP contribution in [0.3, 0.4) is 0 Å². The number of carbonyl (C=O) groups is 4. The number of allylic oxidation sites excluding steroid dienone is 5. The molecule has 0 heterocycles. The summed E-state index contributed by atoms with van der Waals surface area (Å²) in [6.45, 7) is 3.43. The number of carbonyl (C=O) groups excluding carboxylic acids is 3. The Morgan fingerprint density at radius 1 is 0.585 bits per heavy atom. The molecule has 9 nitrogen and oxygen atoms in total. The fourth-order valence-electron chi connectivity index (χ4n) is 6.05. The largest absolute Gasteiger partial charge is 0.480 e. The molecular formula is C44H78N2O7. The van der Waals surface area contributed by atoms with Gasteiger partial charge in [-0.05, 0) is 57.4 Å². The molecule has 0 radical (unpaired) electrons. The third-order valence-corrected chi connectivity index (χ3v) is 9.37. The molecule has 2 atom stereocenters. The van der Waals surface area contributed by atoms with Crippen molar-refractivity contribution in [3.8, 4) is 0 Å². The van der Waals surface area contributed by atoms with Gasteiger partial charge >= 0.3 is 11.9 Å². The molecular weight excluding hydrogens is 668 g/mol. The van der Waals surface area contributed by atoms with Crippen molar-refractivity contribution in [1.29, 1.82) is 0 Å². The maximum atomic E-state index is 12.7. The number of carboxylic acids is 1. The van der Waals surface area contributed by atoms with Crippen molar-refractivity contribution in [2.24, 2.45) is 0 Å².